The van der Waals surface area contributed by atoms with Gasteiger partial charge in [-0.05, 0) is 25.1 Å². The summed E-state index contributed by atoms with van der Waals surface area (Å²) in [5.41, 5.74) is 0.519. The van der Waals surface area contributed by atoms with Crippen LogP contribution in [0.1, 0.15) is 30.8 Å². The topological polar surface area (TPSA) is 47.0 Å². The Bertz CT molecular complexity index is 548. The van der Waals surface area contributed by atoms with Gasteiger partial charge in [0.1, 0.15) is 17.4 Å². The highest BCUT2D eigenvalue weighted by Crippen LogP contribution is 2.25. The van der Waals surface area contributed by atoms with Crippen LogP contribution in [0.15, 0.2) is 36.7 Å². The van der Waals surface area contributed by atoms with Crippen LogP contribution in [0.5, 0.6) is 5.75 Å². The van der Waals surface area contributed by atoms with Gasteiger partial charge in [-0.25, -0.2) is 14.4 Å². The van der Waals surface area contributed by atoms with Crippen molar-refractivity contribution >= 4 is 0 Å². The number of rotatable bonds is 6. The Hall–Kier alpha value is -2.01. The van der Waals surface area contributed by atoms with E-state index in [0.717, 1.165) is 13.0 Å². The number of halogens is 1. The zero-order chi connectivity index (χ0) is 14.4. The van der Waals surface area contributed by atoms with Gasteiger partial charge in [-0.1, -0.05) is 13.0 Å². The number of ether oxygens (including phenoxy) is 1. The fourth-order valence-corrected chi connectivity index (χ4v) is 1.96. The molecule has 1 heterocycles. The van der Waals surface area contributed by atoms with E-state index in [-0.39, 0.29) is 11.9 Å². The molecule has 0 saturated heterocycles. The van der Waals surface area contributed by atoms with E-state index in [9.17, 15) is 4.39 Å². The second-order valence-corrected chi connectivity index (χ2v) is 4.38. The molecule has 0 radical (unpaired) electrons. The van der Waals surface area contributed by atoms with Crippen molar-refractivity contribution in [3.63, 3.8) is 0 Å². The molecule has 0 aliphatic rings. The molecule has 2 aromatic rings. The molecule has 1 aromatic carbocycles. The zero-order valence-corrected chi connectivity index (χ0v) is 11.6. The molecule has 20 heavy (non-hydrogen) atoms. The monoisotopic (exact) mass is 275 g/mol. The molecule has 2 rings (SSSR count). The predicted octanol–water partition coefficient (Wildman–Crippen LogP) is 2.71. The van der Waals surface area contributed by atoms with Crippen molar-refractivity contribution in [2.45, 2.75) is 19.4 Å². The highest BCUT2D eigenvalue weighted by atomic mass is 19.1. The largest absolute Gasteiger partial charge is 0.497 e. The summed E-state index contributed by atoms with van der Waals surface area (Å²) in [6.45, 7) is 2.81. The van der Waals surface area contributed by atoms with E-state index in [1.807, 2.05) is 0 Å². The zero-order valence-electron chi connectivity index (χ0n) is 11.6. The molecule has 0 fully saturated rings. The van der Waals surface area contributed by atoms with Gasteiger partial charge in [0.05, 0.1) is 13.2 Å². The van der Waals surface area contributed by atoms with E-state index in [1.54, 1.807) is 30.6 Å². The van der Waals surface area contributed by atoms with E-state index in [0.29, 0.717) is 17.1 Å². The molecule has 0 aliphatic carbocycles. The second kappa shape index (κ2) is 6.96. The summed E-state index contributed by atoms with van der Waals surface area (Å²) in [6.07, 6.45) is 4.26. The number of aromatic nitrogens is 2. The quantitative estimate of drug-likeness (QED) is 0.880. The summed E-state index contributed by atoms with van der Waals surface area (Å²) in [7, 11) is 1.52. The average molecular weight is 275 g/mol. The molecule has 4 nitrogen and oxygen atoms in total. The lowest BCUT2D eigenvalue weighted by molar-refractivity contribution is 0.409. The number of methoxy groups -OCH3 is 1. The standard InChI is InChI=1S/C15H18FN3O/c1-3-7-17-14(15-18-8-4-9-19-15)12-6-5-11(20-2)10-13(12)16/h4-6,8-10,14,17H,3,7H2,1-2H3. The van der Waals surface area contributed by atoms with Crippen molar-refractivity contribution in [2.75, 3.05) is 13.7 Å². The third kappa shape index (κ3) is 3.30. The lowest BCUT2D eigenvalue weighted by Gasteiger charge is -2.18. The minimum Gasteiger partial charge on any atom is -0.497 e. The molecular weight excluding hydrogens is 257 g/mol. The van der Waals surface area contributed by atoms with Gasteiger partial charge in [0.25, 0.3) is 0 Å². The van der Waals surface area contributed by atoms with Crippen molar-refractivity contribution in [3.8, 4) is 5.75 Å². The van der Waals surface area contributed by atoms with Crippen molar-refractivity contribution in [3.05, 3.63) is 53.9 Å². The Morgan fingerprint density at radius 1 is 1.30 bits per heavy atom. The molecule has 106 valence electrons. The van der Waals surface area contributed by atoms with E-state index in [1.165, 1.54) is 13.2 Å². The van der Waals surface area contributed by atoms with Crippen LogP contribution in [-0.4, -0.2) is 23.6 Å². The lowest BCUT2D eigenvalue weighted by atomic mass is 10.0. The van der Waals surface area contributed by atoms with Gasteiger partial charge < -0.3 is 10.1 Å². The number of nitrogens with zero attached hydrogens (tertiary/aromatic N) is 2. The fourth-order valence-electron chi connectivity index (χ4n) is 1.96. The maximum Gasteiger partial charge on any atom is 0.149 e. The van der Waals surface area contributed by atoms with Crippen molar-refractivity contribution < 1.29 is 9.13 Å². The molecular formula is C15H18FN3O. The van der Waals surface area contributed by atoms with Crippen LogP contribution in [0.3, 0.4) is 0 Å². The van der Waals surface area contributed by atoms with Gasteiger partial charge in [-0.15, -0.1) is 0 Å². The Labute approximate surface area is 118 Å². The summed E-state index contributed by atoms with van der Waals surface area (Å²) in [6, 6.07) is 6.20. The van der Waals surface area contributed by atoms with Crippen LogP contribution in [0.4, 0.5) is 4.39 Å². The first-order valence-corrected chi connectivity index (χ1v) is 6.60. The molecule has 0 saturated carbocycles. The van der Waals surface area contributed by atoms with E-state index in [4.69, 9.17) is 4.74 Å². The van der Waals surface area contributed by atoms with Crippen LogP contribution in [-0.2, 0) is 0 Å². The number of hydrogen-bond acceptors (Lipinski definition) is 4. The molecule has 5 heteroatoms. The van der Waals surface area contributed by atoms with Crippen LogP contribution in [0.2, 0.25) is 0 Å². The van der Waals surface area contributed by atoms with Crippen molar-refractivity contribution in [1.82, 2.24) is 15.3 Å². The van der Waals surface area contributed by atoms with Crippen LogP contribution < -0.4 is 10.1 Å². The Kier molecular flexibility index (Phi) is 5.01. The third-order valence-corrected chi connectivity index (χ3v) is 2.96. The third-order valence-electron chi connectivity index (χ3n) is 2.96. The van der Waals surface area contributed by atoms with Crippen molar-refractivity contribution in [2.24, 2.45) is 0 Å². The Balaban J connectivity index is 2.36. The first kappa shape index (κ1) is 14.4. The molecule has 1 aromatic heterocycles. The SMILES string of the molecule is CCCNC(c1ncccn1)c1ccc(OC)cc1F. The van der Waals surface area contributed by atoms with Gasteiger partial charge in [-0.3, -0.25) is 0 Å². The molecule has 1 unspecified atom stereocenters. The predicted molar refractivity (Wildman–Crippen MR) is 75.1 cm³/mol. The fraction of sp³-hybridized carbons (Fsp3) is 0.333. The maximum atomic E-state index is 14.2. The summed E-state index contributed by atoms with van der Waals surface area (Å²) in [5.74, 6) is 0.727. The number of benzene rings is 1. The van der Waals surface area contributed by atoms with E-state index < -0.39 is 0 Å². The highest BCUT2D eigenvalue weighted by molar-refractivity contribution is 5.33. The van der Waals surface area contributed by atoms with Crippen LogP contribution in [0.25, 0.3) is 0 Å². The average Bonchev–Trinajstić information content (AvgIpc) is 2.50. The lowest BCUT2D eigenvalue weighted by Crippen LogP contribution is -2.25. The Morgan fingerprint density at radius 3 is 2.65 bits per heavy atom. The van der Waals surface area contributed by atoms with E-state index >= 15 is 0 Å². The summed E-state index contributed by atoms with van der Waals surface area (Å²) < 4.78 is 19.2. The summed E-state index contributed by atoms with van der Waals surface area (Å²) >= 11 is 0. The minimum absolute atomic E-state index is 0.328. The minimum atomic E-state index is -0.359. The molecule has 0 spiro atoms. The summed E-state index contributed by atoms with van der Waals surface area (Å²) in [5, 5.41) is 3.27. The van der Waals surface area contributed by atoms with Gasteiger partial charge in [-0.2, -0.15) is 0 Å². The van der Waals surface area contributed by atoms with Crippen LogP contribution in [0, 0.1) is 5.82 Å². The van der Waals surface area contributed by atoms with Gasteiger partial charge >= 0.3 is 0 Å². The van der Waals surface area contributed by atoms with Gasteiger partial charge in [0, 0.05) is 24.0 Å². The van der Waals surface area contributed by atoms with Crippen molar-refractivity contribution in [1.29, 1.82) is 0 Å². The van der Waals surface area contributed by atoms with E-state index in [2.05, 4.69) is 22.2 Å². The normalized spacial score (nSPS) is 12.2. The number of hydrogen-bond donors (Lipinski definition) is 1. The highest BCUT2D eigenvalue weighted by Gasteiger charge is 2.20. The van der Waals surface area contributed by atoms with Crippen LogP contribution >= 0.6 is 0 Å². The molecule has 0 amide bonds. The molecule has 1 N–H and O–H groups in total. The number of nitrogens with one attached hydrogen (secondary N) is 1. The first-order chi connectivity index (χ1) is 9.76. The second-order valence-electron chi connectivity index (χ2n) is 4.38. The maximum absolute atomic E-state index is 14.2. The van der Waals surface area contributed by atoms with Gasteiger partial charge in [0.15, 0.2) is 0 Å². The molecule has 1 atom stereocenters. The summed E-state index contributed by atoms with van der Waals surface area (Å²) in [4.78, 5) is 8.44. The smallest absolute Gasteiger partial charge is 0.149 e. The molecule has 0 bridgehead atoms. The van der Waals surface area contributed by atoms with Gasteiger partial charge in [0.2, 0.25) is 0 Å². The Morgan fingerprint density at radius 2 is 2.05 bits per heavy atom. The molecule has 0 aliphatic heterocycles. The first-order valence-electron chi connectivity index (χ1n) is 6.60.